The average molecular weight is 267 g/mol. The molecule has 0 N–H and O–H groups in total. The number of hydrogen-bond acceptors (Lipinski definition) is 4. The Bertz CT molecular complexity index is 543. The largest absolute Gasteiger partial charge is 0.459 e. The zero-order valence-corrected chi connectivity index (χ0v) is 9.87. The summed E-state index contributed by atoms with van der Waals surface area (Å²) in [6, 6.07) is 9.15. The standard InChI is InChI=1S/C12H11F2N3O2/c13-11(14)12-15-8-17(16-12)6-10(18)19-7-9-4-2-1-3-5-9/h1-5,8,11H,6-7H2. The normalized spacial score (nSPS) is 10.7. The van der Waals surface area contributed by atoms with E-state index in [0.717, 1.165) is 16.6 Å². The van der Waals surface area contributed by atoms with Crippen molar-refractivity contribution >= 4 is 5.97 Å². The SMILES string of the molecule is O=C(Cn1cnc(C(F)F)n1)OCc1ccccc1. The topological polar surface area (TPSA) is 57.0 Å². The van der Waals surface area contributed by atoms with Gasteiger partial charge in [0, 0.05) is 0 Å². The van der Waals surface area contributed by atoms with Gasteiger partial charge in [-0.15, -0.1) is 5.10 Å². The molecular weight excluding hydrogens is 256 g/mol. The third-order valence-corrected chi connectivity index (χ3v) is 2.28. The van der Waals surface area contributed by atoms with E-state index in [1.54, 1.807) is 0 Å². The van der Waals surface area contributed by atoms with Gasteiger partial charge in [-0.1, -0.05) is 30.3 Å². The lowest BCUT2D eigenvalue weighted by Gasteiger charge is -2.04. The molecule has 0 radical (unpaired) electrons. The number of carbonyl (C=O) groups excluding carboxylic acids is 1. The molecule has 2 rings (SSSR count). The summed E-state index contributed by atoms with van der Waals surface area (Å²) in [6.45, 7) is -0.109. The number of hydrogen-bond donors (Lipinski definition) is 0. The number of ether oxygens (including phenoxy) is 1. The molecule has 1 aromatic carbocycles. The predicted molar refractivity (Wildman–Crippen MR) is 61.2 cm³/mol. The van der Waals surface area contributed by atoms with Crippen molar-refractivity contribution in [2.75, 3.05) is 0 Å². The lowest BCUT2D eigenvalue weighted by Crippen LogP contribution is -2.14. The van der Waals surface area contributed by atoms with Crippen LogP contribution in [0.15, 0.2) is 36.7 Å². The van der Waals surface area contributed by atoms with Crippen LogP contribution >= 0.6 is 0 Å². The van der Waals surface area contributed by atoms with E-state index in [9.17, 15) is 13.6 Å². The van der Waals surface area contributed by atoms with Crippen LogP contribution in [0.1, 0.15) is 17.8 Å². The number of nitrogens with zero attached hydrogens (tertiary/aromatic N) is 3. The number of rotatable bonds is 5. The summed E-state index contributed by atoms with van der Waals surface area (Å²) < 4.78 is 30.5. The van der Waals surface area contributed by atoms with Gasteiger partial charge in [0.25, 0.3) is 6.43 Å². The van der Waals surface area contributed by atoms with Gasteiger partial charge in [-0.05, 0) is 5.56 Å². The van der Waals surface area contributed by atoms with Gasteiger partial charge in [-0.25, -0.2) is 18.4 Å². The Labute approximate surface area is 107 Å². The molecule has 0 spiro atoms. The van der Waals surface area contributed by atoms with E-state index >= 15 is 0 Å². The summed E-state index contributed by atoms with van der Waals surface area (Å²) in [7, 11) is 0. The van der Waals surface area contributed by atoms with Crippen LogP contribution < -0.4 is 0 Å². The molecule has 1 aromatic heterocycles. The molecule has 0 saturated heterocycles. The molecule has 19 heavy (non-hydrogen) atoms. The number of carbonyl (C=O) groups is 1. The Morgan fingerprint density at radius 2 is 2.05 bits per heavy atom. The molecule has 5 nitrogen and oxygen atoms in total. The third-order valence-electron chi connectivity index (χ3n) is 2.28. The van der Waals surface area contributed by atoms with Crippen molar-refractivity contribution in [3.8, 4) is 0 Å². The molecule has 0 fully saturated rings. The highest BCUT2D eigenvalue weighted by Gasteiger charge is 2.14. The quantitative estimate of drug-likeness (QED) is 0.777. The first-order valence-electron chi connectivity index (χ1n) is 5.52. The monoisotopic (exact) mass is 267 g/mol. The van der Waals surface area contributed by atoms with E-state index in [1.165, 1.54) is 0 Å². The second-order valence-corrected chi connectivity index (χ2v) is 3.75. The van der Waals surface area contributed by atoms with Gasteiger partial charge in [0.1, 0.15) is 19.5 Å². The Balaban J connectivity index is 1.84. The molecule has 0 bridgehead atoms. The van der Waals surface area contributed by atoms with Gasteiger partial charge in [0.15, 0.2) is 0 Å². The molecule has 0 aliphatic rings. The van der Waals surface area contributed by atoms with Gasteiger partial charge in [0.05, 0.1) is 0 Å². The fourth-order valence-corrected chi connectivity index (χ4v) is 1.40. The molecule has 7 heteroatoms. The van der Waals surface area contributed by atoms with Crippen molar-refractivity contribution in [1.82, 2.24) is 14.8 Å². The second kappa shape index (κ2) is 6.03. The maximum Gasteiger partial charge on any atom is 0.328 e. The summed E-state index contributed by atoms with van der Waals surface area (Å²) in [5.41, 5.74) is 0.850. The van der Waals surface area contributed by atoms with E-state index in [-0.39, 0.29) is 13.2 Å². The van der Waals surface area contributed by atoms with Crippen LogP contribution in [0.4, 0.5) is 8.78 Å². The van der Waals surface area contributed by atoms with E-state index in [2.05, 4.69) is 10.1 Å². The first-order chi connectivity index (χ1) is 9.15. The number of benzene rings is 1. The van der Waals surface area contributed by atoms with Crippen LogP contribution in [0.5, 0.6) is 0 Å². The van der Waals surface area contributed by atoms with Gasteiger partial charge in [0.2, 0.25) is 5.82 Å². The molecule has 0 aliphatic heterocycles. The highest BCUT2D eigenvalue weighted by Crippen LogP contribution is 2.12. The van der Waals surface area contributed by atoms with Crippen molar-refractivity contribution in [1.29, 1.82) is 0 Å². The van der Waals surface area contributed by atoms with Crippen LogP contribution in [0.25, 0.3) is 0 Å². The minimum absolute atomic E-state index is 0.135. The summed E-state index contributed by atoms with van der Waals surface area (Å²) in [4.78, 5) is 14.8. The molecule has 2 aromatic rings. The molecule has 0 aliphatic carbocycles. The van der Waals surface area contributed by atoms with Crippen LogP contribution in [0, 0.1) is 0 Å². The van der Waals surface area contributed by atoms with Crippen LogP contribution in [-0.2, 0) is 22.7 Å². The summed E-state index contributed by atoms with van der Waals surface area (Å²) >= 11 is 0. The van der Waals surface area contributed by atoms with Gasteiger partial charge in [-0.2, -0.15) is 0 Å². The van der Waals surface area contributed by atoms with Gasteiger partial charge < -0.3 is 4.74 Å². The highest BCUT2D eigenvalue weighted by atomic mass is 19.3. The molecular formula is C12H11F2N3O2. The Hall–Kier alpha value is -2.31. The molecule has 0 unspecified atom stereocenters. The molecule has 0 amide bonds. The molecule has 1 heterocycles. The van der Waals surface area contributed by atoms with Crippen LogP contribution in [-0.4, -0.2) is 20.7 Å². The molecule has 0 atom stereocenters. The van der Waals surface area contributed by atoms with E-state index < -0.39 is 18.2 Å². The summed E-state index contributed by atoms with van der Waals surface area (Å²) in [5.74, 6) is -1.16. The maximum absolute atomic E-state index is 12.2. The predicted octanol–water partition coefficient (Wildman–Crippen LogP) is 1.96. The van der Waals surface area contributed by atoms with Gasteiger partial charge >= 0.3 is 5.97 Å². The van der Waals surface area contributed by atoms with Crippen molar-refractivity contribution in [3.63, 3.8) is 0 Å². The second-order valence-electron chi connectivity index (χ2n) is 3.75. The van der Waals surface area contributed by atoms with E-state index in [4.69, 9.17) is 4.74 Å². The summed E-state index contributed by atoms with van der Waals surface area (Å²) in [5, 5.41) is 3.46. The van der Waals surface area contributed by atoms with E-state index in [0.29, 0.717) is 0 Å². The Morgan fingerprint density at radius 1 is 1.32 bits per heavy atom. The number of halogens is 2. The van der Waals surface area contributed by atoms with Crippen LogP contribution in [0.2, 0.25) is 0 Å². The van der Waals surface area contributed by atoms with Crippen molar-refractivity contribution < 1.29 is 18.3 Å². The zero-order valence-electron chi connectivity index (χ0n) is 9.87. The lowest BCUT2D eigenvalue weighted by atomic mass is 10.2. The Morgan fingerprint density at radius 3 is 2.68 bits per heavy atom. The molecule has 0 saturated carbocycles. The van der Waals surface area contributed by atoms with Gasteiger partial charge in [-0.3, -0.25) is 4.79 Å². The minimum atomic E-state index is -2.75. The Kier molecular flexibility index (Phi) is 4.17. The van der Waals surface area contributed by atoms with Crippen molar-refractivity contribution in [2.45, 2.75) is 19.6 Å². The molecule has 100 valence electrons. The smallest absolute Gasteiger partial charge is 0.328 e. The maximum atomic E-state index is 12.2. The van der Waals surface area contributed by atoms with E-state index in [1.807, 2.05) is 30.3 Å². The first kappa shape index (κ1) is 13.1. The highest BCUT2D eigenvalue weighted by molar-refractivity contribution is 5.69. The fourth-order valence-electron chi connectivity index (χ4n) is 1.40. The van der Waals surface area contributed by atoms with Crippen molar-refractivity contribution in [3.05, 3.63) is 48.0 Å². The minimum Gasteiger partial charge on any atom is -0.459 e. The zero-order chi connectivity index (χ0) is 13.7. The lowest BCUT2D eigenvalue weighted by molar-refractivity contribution is -0.145. The number of aromatic nitrogens is 3. The third kappa shape index (κ3) is 3.84. The summed E-state index contributed by atoms with van der Waals surface area (Å²) in [6.07, 6.45) is -1.67. The van der Waals surface area contributed by atoms with Crippen molar-refractivity contribution in [2.24, 2.45) is 0 Å². The number of esters is 1. The average Bonchev–Trinajstić information content (AvgIpc) is 2.86. The number of alkyl halides is 2. The van der Waals surface area contributed by atoms with Crippen LogP contribution in [0.3, 0.4) is 0 Å². The fraction of sp³-hybridized carbons (Fsp3) is 0.250. The first-order valence-corrected chi connectivity index (χ1v) is 5.52.